The van der Waals surface area contributed by atoms with Crippen molar-refractivity contribution < 1.29 is 0 Å². The van der Waals surface area contributed by atoms with Crippen molar-refractivity contribution >= 4 is 0 Å². The van der Waals surface area contributed by atoms with E-state index in [-0.39, 0.29) is 0 Å². The Morgan fingerprint density at radius 1 is 1.29 bits per heavy atom. The molecule has 0 aromatic rings. The first-order valence-corrected chi connectivity index (χ1v) is 6.00. The maximum atomic E-state index is 3.71. The number of nitrogens with zero attached hydrogens (tertiary/aromatic N) is 1. The highest BCUT2D eigenvalue weighted by atomic mass is 15.2. The Balaban J connectivity index is 1.65. The van der Waals surface area contributed by atoms with Gasteiger partial charge in [-0.15, -0.1) is 0 Å². The summed E-state index contributed by atoms with van der Waals surface area (Å²) >= 11 is 0. The fraction of sp³-hybridized carbons (Fsp3) is 1.00. The first-order valence-electron chi connectivity index (χ1n) is 6.00. The lowest BCUT2D eigenvalue weighted by Gasteiger charge is -2.27. The molecule has 2 aliphatic heterocycles. The maximum Gasteiger partial charge on any atom is 0.0218 e. The van der Waals surface area contributed by atoms with Crippen molar-refractivity contribution in [3.8, 4) is 0 Å². The molecule has 2 aliphatic rings. The topological polar surface area (TPSA) is 27.3 Å². The predicted molar refractivity (Wildman–Crippen MR) is 59.5 cm³/mol. The molecule has 1 unspecified atom stereocenters. The summed E-state index contributed by atoms with van der Waals surface area (Å²) in [7, 11) is 2.25. The number of hydrogen-bond donors (Lipinski definition) is 2. The molecule has 82 valence electrons. The Bertz CT molecular complexity index is 166. The van der Waals surface area contributed by atoms with Crippen LogP contribution in [0.3, 0.4) is 0 Å². The van der Waals surface area contributed by atoms with Crippen molar-refractivity contribution in [1.82, 2.24) is 15.5 Å². The molecule has 0 bridgehead atoms. The molecular formula is C11H23N3. The van der Waals surface area contributed by atoms with Crippen LogP contribution in [-0.2, 0) is 0 Å². The predicted octanol–water partition coefficient (Wildman–Crippen LogP) is 0.422. The normalized spacial score (nSPS) is 31.1. The van der Waals surface area contributed by atoms with E-state index in [2.05, 4.69) is 22.6 Å². The van der Waals surface area contributed by atoms with Crippen LogP contribution in [-0.4, -0.2) is 50.2 Å². The van der Waals surface area contributed by atoms with E-state index in [1.807, 2.05) is 0 Å². The average Bonchev–Trinajstić information content (AvgIpc) is 2.63. The third-order valence-electron chi connectivity index (χ3n) is 3.65. The van der Waals surface area contributed by atoms with Crippen LogP contribution in [0.2, 0.25) is 0 Å². The second-order valence-corrected chi connectivity index (χ2v) is 4.71. The second kappa shape index (κ2) is 5.10. The third kappa shape index (κ3) is 2.69. The molecule has 2 heterocycles. The fourth-order valence-corrected chi connectivity index (χ4v) is 2.57. The molecule has 0 aromatic heterocycles. The van der Waals surface area contributed by atoms with E-state index in [1.54, 1.807) is 0 Å². The van der Waals surface area contributed by atoms with Crippen LogP contribution in [0.15, 0.2) is 0 Å². The summed E-state index contributed by atoms with van der Waals surface area (Å²) in [5, 5.41) is 7.11. The van der Waals surface area contributed by atoms with Crippen LogP contribution in [0.25, 0.3) is 0 Å². The van der Waals surface area contributed by atoms with Gasteiger partial charge in [0.2, 0.25) is 0 Å². The molecule has 0 radical (unpaired) electrons. The first-order chi connectivity index (χ1) is 6.86. The van der Waals surface area contributed by atoms with Crippen molar-refractivity contribution in [3.63, 3.8) is 0 Å². The summed E-state index contributed by atoms with van der Waals surface area (Å²) < 4.78 is 0. The highest BCUT2D eigenvalue weighted by Crippen LogP contribution is 2.14. The quantitative estimate of drug-likeness (QED) is 0.687. The van der Waals surface area contributed by atoms with Crippen LogP contribution in [0.1, 0.15) is 25.7 Å². The Hall–Kier alpha value is -0.120. The number of nitrogens with one attached hydrogen (secondary N) is 2. The molecule has 0 aromatic carbocycles. The molecule has 3 heteroatoms. The molecule has 2 fully saturated rings. The average molecular weight is 197 g/mol. The molecule has 3 nitrogen and oxygen atoms in total. The zero-order valence-corrected chi connectivity index (χ0v) is 9.26. The van der Waals surface area contributed by atoms with Gasteiger partial charge in [0.05, 0.1) is 0 Å². The van der Waals surface area contributed by atoms with Crippen molar-refractivity contribution in [2.45, 2.75) is 37.8 Å². The molecule has 2 N–H and O–H groups in total. The molecule has 0 amide bonds. The summed E-state index contributed by atoms with van der Waals surface area (Å²) in [6.07, 6.45) is 5.37. The van der Waals surface area contributed by atoms with Crippen molar-refractivity contribution in [2.24, 2.45) is 0 Å². The lowest BCUT2D eigenvalue weighted by molar-refractivity contribution is 0.279. The summed E-state index contributed by atoms with van der Waals surface area (Å²) in [6, 6.07) is 1.56. The molecular weight excluding hydrogens is 174 g/mol. The van der Waals surface area contributed by atoms with Gasteiger partial charge in [0.25, 0.3) is 0 Å². The smallest absolute Gasteiger partial charge is 0.0218 e. The highest BCUT2D eigenvalue weighted by molar-refractivity contribution is 4.81. The van der Waals surface area contributed by atoms with Gasteiger partial charge in [0.1, 0.15) is 0 Å². The Kier molecular flexibility index (Phi) is 3.79. The van der Waals surface area contributed by atoms with Crippen LogP contribution in [0.5, 0.6) is 0 Å². The fourth-order valence-electron chi connectivity index (χ4n) is 2.57. The SMILES string of the molecule is CN1CCCC1CNC1CCNCC1. The van der Waals surface area contributed by atoms with Crippen molar-refractivity contribution in [3.05, 3.63) is 0 Å². The summed E-state index contributed by atoms with van der Waals surface area (Å²) in [6.45, 7) is 4.87. The maximum absolute atomic E-state index is 3.71. The van der Waals surface area contributed by atoms with E-state index >= 15 is 0 Å². The number of likely N-dealkylation sites (tertiary alicyclic amines) is 1. The second-order valence-electron chi connectivity index (χ2n) is 4.71. The minimum atomic E-state index is 0.769. The highest BCUT2D eigenvalue weighted by Gasteiger charge is 2.21. The number of hydrogen-bond acceptors (Lipinski definition) is 3. The van der Waals surface area contributed by atoms with E-state index in [9.17, 15) is 0 Å². The molecule has 0 spiro atoms. The lowest BCUT2D eigenvalue weighted by Crippen LogP contribution is -2.44. The van der Waals surface area contributed by atoms with Crippen LogP contribution >= 0.6 is 0 Å². The van der Waals surface area contributed by atoms with E-state index in [1.165, 1.54) is 51.9 Å². The van der Waals surface area contributed by atoms with Crippen LogP contribution < -0.4 is 10.6 Å². The summed E-state index contributed by atoms with van der Waals surface area (Å²) in [5.74, 6) is 0. The van der Waals surface area contributed by atoms with Gasteiger partial charge in [0, 0.05) is 18.6 Å². The first kappa shape index (κ1) is 10.4. The van der Waals surface area contributed by atoms with Gasteiger partial charge in [-0.1, -0.05) is 0 Å². The van der Waals surface area contributed by atoms with Crippen LogP contribution in [0.4, 0.5) is 0 Å². The Morgan fingerprint density at radius 2 is 2.07 bits per heavy atom. The van der Waals surface area contributed by atoms with E-state index in [4.69, 9.17) is 0 Å². The summed E-state index contributed by atoms with van der Waals surface area (Å²) in [5.41, 5.74) is 0. The van der Waals surface area contributed by atoms with Crippen LogP contribution in [0, 0.1) is 0 Å². The van der Waals surface area contributed by atoms with Gasteiger partial charge in [-0.3, -0.25) is 0 Å². The van der Waals surface area contributed by atoms with Gasteiger partial charge >= 0.3 is 0 Å². The van der Waals surface area contributed by atoms with Gasteiger partial charge in [-0.05, 0) is 52.4 Å². The third-order valence-corrected chi connectivity index (χ3v) is 3.65. The largest absolute Gasteiger partial charge is 0.317 e. The molecule has 2 saturated heterocycles. The van der Waals surface area contributed by atoms with E-state index in [0.717, 1.165) is 12.1 Å². The minimum Gasteiger partial charge on any atom is -0.317 e. The number of likely N-dealkylation sites (N-methyl/N-ethyl adjacent to an activating group) is 1. The standard InChI is InChI=1S/C11H23N3/c1-14-8-2-3-11(14)9-13-10-4-6-12-7-5-10/h10-13H,2-9H2,1H3. The molecule has 1 atom stereocenters. The molecule has 0 saturated carbocycles. The number of piperidine rings is 1. The van der Waals surface area contributed by atoms with Crippen molar-refractivity contribution in [1.29, 1.82) is 0 Å². The van der Waals surface area contributed by atoms with E-state index < -0.39 is 0 Å². The number of rotatable bonds is 3. The summed E-state index contributed by atoms with van der Waals surface area (Å²) in [4.78, 5) is 2.49. The van der Waals surface area contributed by atoms with Crippen molar-refractivity contribution in [2.75, 3.05) is 33.2 Å². The monoisotopic (exact) mass is 197 g/mol. The zero-order chi connectivity index (χ0) is 9.80. The molecule has 14 heavy (non-hydrogen) atoms. The minimum absolute atomic E-state index is 0.769. The van der Waals surface area contributed by atoms with Gasteiger partial charge < -0.3 is 15.5 Å². The molecule has 2 rings (SSSR count). The lowest BCUT2D eigenvalue weighted by atomic mass is 10.1. The van der Waals surface area contributed by atoms with E-state index in [0.29, 0.717) is 0 Å². The molecule has 0 aliphatic carbocycles. The van der Waals surface area contributed by atoms with Gasteiger partial charge in [-0.2, -0.15) is 0 Å². The van der Waals surface area contributed by atoms with Gasteiger partial charge in [0.15, 0.2) is 0 Å². The Morgan fingerprint density at radius 3 is 2.71 bits per heavy atom. The zero-order valence-electron chi connectivity index (χ0n) is 9.26. The van der Waals surface area contributed by atoms with Gasteiger partial charge in [-0.25, -0.2) is 0 Å². The Labute approximate surface area is 87.2 Å².